The zero-order valence-corrected chi connectivity index (χ0v) is 20.2. The summed E-state index contributed by atoms with van der Waals surface area (Å²) < 4.78 is 16.7. The third kappa shape index (κ3) is 6.04. The van der Waals surface area contributed by atoms with Gasteiger partial charge in [0.2, 0.25) is 11.8 Å². The average Bonchev–Trinajstić information content (AvgIpc) is 2.84. The Bertz CT molecular complexity index is 1320. The predicted molar refractivity (Wildman–Crippen MR) is 135 cm³/mol. The molecule has 0 saturated heterocycles. The van der Waals surface area contributed by atoms with Crippen molar-refractivity contribution >= 4 is 22.5 Å². The molecule has 8 heteroatoms. The van der Waals surface area contributed by atoms with Gasteiger partial charge in [0.05, 0.1) is 31.5 Å². The molecule has 0 fully saturated rings. The first-order valence-corrected chi connectivity index (χ1v) is 11.1. The van der Waals surface area contributed by atoms with E-state index in [9.17, 15) is 4.79 Å². The predicted octanol–water partition coefficient (Wildman–Crippen LogP) is 4.68. The maximum Gasteiger partial charge on any atom is 0.230 e. The van der Waals surface area contributed by atoms with Crippen LogP contribution in [0.1, 0.15) is 11.1 Å². The largest absolute Gasteiger partial charge is 0.493 e. The van der Waals surface area contributed by atoms with Crippen molar-refractivity contribution in [2.75, 3.05) is 33.6 Å². The first kappa shape index (κ1) is 24.0. The van der Waals surface area contributed by atoms with Crippen LogP contribution in [0.25, 0.3) is 10.9 Å². The lowest BCUT2D eigenvalue weighted by molar-refractivity contribution is -0.115. The smallest absolute Gasteiger partial charge is 0.230 e. The van der Waals surface area contributed by atoms with E-state index < -0.39 is 0 Å². The molecule has 35 heavy (non-hydrogen) atoms. The number of methoxy groups -OCH3 is 2. The van der Waals surface area contributed by atoms with Crippen molar-refractivity contribution in [1.82, 2.24) is 14.9 Å². The lowest BCUT2D eigenvalue weighted by Gasteiger charge is -2.12. The second-order valence-corrected chi connectivity index (χ2v) is 8.31. The van der Waals surface area contributed by atoms with Crippen molar-refractivity contribution in [2.24, 2.45) is 0 Å². The summed E-state index contributed by atoms with van der Waals surface area (Å²) in [4.78, 5) is 23.2. The van der Waals surface area contributed by atoms with Gasteiger partial charge in [-0.25, -0.2) is 9.97 Å². The van der Waals surface area contributed by atoms with Gasteiger partial charge >= 0.3 is 0 Å². The molecular formula is C27H28N4O4. The van der Waals surface area contributed by atoms with E-state index >= 15 is 0 Å². The van der Waals surface area contributed by atoms with Gasteiger partial charge in [0.1, 0.15) is 12.1 Å². The maximum absolute atomic E-state index is 12.6. The molecule has 8 nitrogen and oxygen atoms in total. The van der Waals surface area contributed by atoms with E-state index in [1.54, 1.807) is 26.4 Å². The molecule has 0 aliphatic heterocycles. The molecule has 1 heterocycles. The Kier molecular flexibility index (Phi) is 7.42. The van der Waals surface area contributed by atoms with Crippen LogP contribution in [0, 0.1) is 0 Å². The standard InChI is InChI=1S/C27H28N4O4/c1-31(2)16-19-6-5-7-20(12-19)30-26(32)13-18-8-10-21(11-9-18)35-27-22-14-24(33-3)25(34-4)15-23(22)28-17-29-27/h5-12,14-15,17H,13,16H2,1-4H3,(H,30,32). The Morgan fingerprint density at radius 3 is 2.37 bits per heavy atom. The van der Waals surface area contributed by atoms with E-state index in [2.05, 4.69) is 20.2 Å². The van der Waals surface area contributed by atoms with Crippen LogP contribution in [0.2, 0.25) is 0 Å². The minimum atomic E-state index is -0.0801. The third-order valence-corrected chi connectivity index (χ3v) is 5.32. The van der Waals surface area contributed by atoms with Crippen LogP contribution in [0.15, 0.2) is 67.0 Å². The normalized spacial score (nSPS) is 10.9. The van der Waals surface area contributed by atoms with E-state index in [1.807, 2.05) is 62.6 Å². The molecule has 1 N–H and O–H groups in total. The fraction of sp³-hybridized carbons (Fsp3) is 0.222. The summed E-state index contributed by atoms with van der Waals surface area (Å²) in [6.45, 7) is 0.813. The SMILES string of the molecule is COc1cc2ncnc(Oc3ccc(CC(=O)Nc4cccc(CN(C)C)c4)cc3)c2cc1OC. The molecule has 3 aromatic carbocycles. The Morgan fingerprint density at radius 2 is 1.66 bits per heavy atom. The Morgan fingerprint density at radius 1 is 0.914 bits per heavy atom. The zero-order valence-electron chi connectivity index (χ0n) is 20.2. The fourth-order valence-corrected chi connectivity index (χ4v) is 3.73. The second kappa shape index (κ2) is 10.8. The van der Waals surface area contributed by atoms with Crippen molar-refractivity contribution < 1.29 is 19.0 Å². The minimum absolute atomic E-state index is 0.0801. The molecule has 1 amide bonds. The number of carbonyl (C=O) groups excluding carboxylic acids is 1. The number of nitrogens with zero attached hydrogens (tertiary/aromatic N) is 3. The van der Waals surface area contributed by atoms with Crippen molar-refractivity contribution in [1.29, 1.82) is 0 Å². The number of ether oxygens (including phenoxy) is 3. The lowest BCUT2D eigenvalue weighted by atomic mass is 10.1. The van der Waals surface area contributed by atoms with E-state index in [0.717, 1.165) is 23.4 Å². The molecule has 180 valence electrons. The number of fused-ring (bicyclic) bond motifs is 1. The van der Waals surface area contributed by atoms with Crippen LogP contribution in [-0.4, -0.2) is 49.1 Å². The van der Waals surface area contributed by atoms with Gasteiger partial charge in [0.15, 0.2) is 11.5 Å². The first-order valence-electron chi connectivity index (χ1n) is 11.1. The summed E-state index contributed by atoms with van der Waals surface area (Å²) in [6, 6.07) is 18.8. The summed E-state index contributed by atoms with van der Waals surface area (Å²) in [5.41, 5.74) is 3.48. The topological polar surface area (TPSA) is 85.8 Å². The molecular weight excluding hydrogens is 444 g/mol. The van der Waals surface area contributed by atoms with Gasteiger partial charge in [-0.05, 0) is 55.6 Å². The van der Waals surface area contributed by atoms with Gasteiger partial charge in [-0.2, -0.15) is 0 Å². The first-order chi connectivity index (χ1) is 16.9. The fourth-order valence-electron chi connectivity index (χ4n) is 3.73. The molecule has 0 spiro atoms. The van der Waals surface area contributed by atoms with E-state index in [4.69, 9.17) is 14.2 Å². The highest BCUT2D eigenvalue weighted by atomic mass is 16.5. The van der Waals surface area contributed by atoms with Crippen LogP contribution < -0.4 is 19.5 Å². The highest BCUT2D eigenvalue weighted by Crippen LogP contribution is 2.35. The number of anilines is 1. The van der Waals surface area contributed by atoms with Crippen LogP contribution in [0.3, 0.4) is 0 Å². The van der Waals surface area contributed by atoms with Crippen LogP contribution in [-0.2, 0) is 17.8 Å². The summed E-state index contributed by atoms with van der Waals surface area (Å²) in [6.07, 6.45) is 1.70. The number of amides is 1. The van der Waals surface area contributed by atoms with Crippen LogP contribution in [0.5, 0.6) is 23.1 Å². The zero-order chi connectivity index (χ0) is 24.8. The molecule has 0 atom stereocenters. The van der Waals surface area contributed by atoms with Gasteiger partial charge in [0, 0.05) is 18.3 Å². The lowest BCUT2D eigenvalue weighted by Crippen LogP contribution is -2.15. The number of hydrogen-bond donors (Lipinski definition) is 1. The number of hydrogen-bond acceptors (Lipinski definition) is 7. The van der Waals surface area contributed by atoms with Crippen LogP contribution >= 0.6 is 0 Å². The molecule has 0 saturated carbocycles. The Hall–Kier alpha value is -4.17. The Balaban J connectivity index is 1.43. The average molecular weight is 473 g/mol. The van der Waals surface area contributed by atoms with Crippen LogP contribution in [0.4, 0.5) is 5.69 Å². The Labute approximate surface area is 204 Å². The van der Waals surface area contributed by atoms with Crippen molar-refractivity contribution in [3.63, 3.8) is 0 Å². The van der Waals surface area contributed by atoms with Crippen molar-refractivity contribution in [2.45, 2.75) is 13.0 Å². The molecule has 0 aliphatic carbocycles. The molecule has 0 aliphatic rings. The van der Waals surface area contributed by atoms with E-state index in [0.29, 0.717) is 34.0 Å². The molecule has 0 unspecified atom stereocenters. The molecule has 0 radical (unpaired) electrons. The summed E-state index contributed by atoms with van der Waals surface area (Å²) in [5, 5.41) is 3.67. The summed E-state index contributed by atoms with van der Waals surface area (Å²) in [5.74, 6) is 2.06. The highest BCUT2D eigenvalue weighted by molar-refractivity contribution is 5.92. The van der Waals surface area contributed by atoms with E-state index in [-0.39, 0.29) is 12.3 Å². The van der Waals surface area contributed by atoms with Gasteiger partial charge in [-0.1, -0.05) is 24.3 Å². The third-order valence-electron chi connectivity index (χ3n) is 5.32. The maximum atomic E-state index is 12.6. The minimum Gasteiger partial charge on any atom is -0.493 e. The van der Waals surface area contributed by atoms with Gasteiger partial charge in [-0.3, -0.25) is 4.79 Å². The molecule has 1 aromatic heterocycles. The molecule has 4 rings (SSSR count). The quantitative estimate of drug-likeness (QED) is 0.378. The second-order valence-electron chi connectivity index (χ2n) is 8.31. The van der Waals surface area contributed by atoms with Gasteiger partial charge < -0.3 is 24.4 Å². The number of nitrogens with one attached hydrogen (secondary N) is 1. The number of benzene rings is 3. The molecule has 0 bridgehead atoms. The number of carbonyl (C=O) groups is 1. The van der Waals surface area contributed by atoms with Crippen molar-refractivity contribution in [3.05, 3.63) is 78.1 Å². The van der Waals surface area contributed by atoms with E-state index in [1.165, 1.54) is 6.33 Å². The number of rotatable bonds is 9. The van der Waals surface area contributed by atoms with Crippen molar-refractivity contribution in [3.8, 4) is 23.1 Å². The monoisotopic (exact) mass is 472 g/mol. The number of aromatic nitrogens is 2. The molecule has 4 aromatic rings. The van der Waals surface area contributed by atoms with Gasteiger partial charge in [-0.15, -0.1) is 0 Å². The highest BCUT2D eigenvalue weighted by Gasteiger charge is 2.13. The summed E-state index contributed by atoms with van der Waals surface area (Å²) >= 11 is 0. The van der Waals surface area contributed by atoms with Gasteiger partial charge in [0.25, 0.3) is 0 Å². The summed E-state index contributed by atoms with van der Waals surface area (Å²) in [7, 11) is 7.18.